The van der Waals surface area contributed by atoms with Crippen LogP contribution in [0.5, 0.6) is 0 Å². The topological polar surface area (TPSA) is 212 Å². The summed E-state index contributed by atoms with van der Waals surface area (Å²) in [4.78, 5) is 71.0. The molecule has 5 rings (SSSR count). The molecule has 10 N–H and O–H groups in total. The van der Waals surface area contributed by atoms with Crippen molar-refractivity contribution in [3.05, 3.63) is 133 Å². The van der Waals surface area contributed by atoms with E-state index in [0.717, 1.165) is 50.2 Å². The van der Waals surface area contributed by atoms with E-state index in [1.807, 2.05) is 66.7 Å². The number of ketones is 2. The average Bonchev–Trinajstić information content (AvgIpc) is 3.28. The number of halogens is 2. The summed E-state index contributed by atoms with van der Waals surface area (Å²) in [6.45, 7) is 6.23. The van der Waals surface area contributed by atoms with Gasteiger partial charge in [-0.15, -0.1) is 6.58 Å². The zero-order valence-electron chi connectivity index (χ0n) is 37.0. The molecule has 0 saturated heterocycles. The number of rotatable bonds is 25. The molecule has 0 aromatic heterocycles. The molecule has 0 saturated carbocycles. The highest BCUT2D eigenvalue weighted by atomic mass is 35.5. The Kier molecular flexibility index (Phi) is 22.4. The van der Waals surface area contributed by atoms with Gasteiger partial charge in [-0.1, -0.05) is 109 Å². The molecule has 14 heteroatoms. The number of carbonyl (C=O) groups excluding carboxylic acids is 5. The number of nitrogens with one attached hydrogen (secondary N) is 3. The fourth-order valence-corrected chi connectivity index (χ4v) is 7.94. The molecule has 0 aliphatic carbocycles. The first-order valence-electron chi connectivity index (χ1n) is 21.8. The first-order chi connectivity index (χ1) is 30.5. The molecular weight excluding hydrogens is 864 g/mol. The van der Waals surface area contributed by atoms with Crippen molar-refractivity contribution >= 4 is 56.9 Å². The second-order valence-electron chi connectivity index (χ2n) is 16.2. The van der Waals surface area contributed by atoms with Crippen LogP contribution in [0.25, 0.3) is 32.7 Å². The maximum atomic E-state index is 14.3. The summed E-state index contributed by atoms with van der Waals surface area (Å²) in [5, 5.41) is 10.3. The lowest BCUT2D eigenvalue weighted by Gasteiger charge is -2.25. The Morgan fingerprint density at radius 2 is 1.32 bits per heavy atom. The van der Waals surface area contributed by atoms with E-state index in [1.54, 1.807) is 0 Å². The maximum absolute atomic E-state index is 14.3. The fourth-order valence-electron chi connectivity index (χ4n) is 7.94. The van der Waals surface area contributed by atoms with Crippen LogP contribution in [0.15, 0.2) is 122 Å². The third-order valence-electron chi connectivity index (χ3n) is 11.2. The van der Waals surface area contributed by atoms with Crippen LogP contribution >= 0.6 is 0 Å². The number of esters is 1. The third kappa shape index (κ3) is 16.1. The highest BCUT2D eigenvalue weighted by molar-refractivity contribution is 6.12. The van der Waals surface area contributed by atoms with Crippen molar-refractivity contribution in [2.45, 2.75) is 83.4 Å². The Balaban J connectivity index is 0.00000561. The summed E-state index contributed by atoms with van der Waals surface area (Å²) in [6, 6.07) is 34.2. The number of amides is 2. The van der Waals surface area contributed by atoms with Gasteiger partial charge in [-0.25, -0.2) is 4.79 Å². The fraction of sp³-hybridized carbons (Fsp3) is 0.333. The summed E-state index contributed by atoms with van der Waals surface area (Å²) < 4.78 is 5.53. The largest absolute Gasteiger partial charge is 1.00 e. The van der Waals surface area contributed by atoms with Gasteiger partial charge in [-0.05, 0) is 102 Å². The van der Waals surface area contributed by atoms with Gasteiger partial charge in [0.2, 0.25) is 11.8 Å². The lowest BCUT2D eigenvalue weighted by atomic mass is 9.89. The maximum Gasteiger partial charge on any atom is 0.338 e. The summed E-state index contributed by atoms with van der Waals surface area (Å²) in [5.74, 6) is -3.58. The van der Waals surface area contributed by atoms with E-state index in [1.165, 1.54) is 13.0 Å². The average molecular weight is 926 g/mol. The van der Waals surface area contributed by atoms with Gasteiger partial charge in [0.1, 0.15) is 18.4 Å². The van der Waals surface area contributed by atoms with E-state index in [4.69, 9.17) is 16.2 Å². The Labute approximate surface area is 394 Å². The lowest BCUT2D eigenvalue weighted by Crippen LogP contribution is -3.00. The number of quaternary nitrogens is 1. The molecule has 2 amide bonds. The van der Waals surface area contributed by atoms with E-state index < -0.39 is 41.7 Å². The number of hydrogen-bond acceptors (Lipinski definition) is 6. The minimum absolute atomic E-state index is 0. The first-order valence-corrected chi connectivity index (χ1v) is 21.8. The highest BCUT2D eigenvalue weighted by Crippen LogP contribution is 2.36. The molecule has 5 aromatic carbocycles. The van der Waals surface area contributed by atoms with Gasteiger partial charge in [0.05, 0.1) is 19.1 Å². The number of fused-ring (bicyclic) bond motifs is 2. The molecule has 0 spiro atoms. The van der Waals surface area contributed by atoms with Gasteiger partial charge in [-0.2, -0.15) is 0 Å². The van der Waals surface area contributed by atoms with Crippen LogP contribution in [0, 0.1) is 11.8 Å². The molecule has 0 aliphatic rings. The predicted molar refractivity (Wildman–Crippen MR) is 247 cm³/mol. The van der Waals surface area contributed by atoms with E-state index in [2.05, 4.69) is 70.4 Å². The van der Waals surface area contributed by atoms with Gasteiger partial charge < -0.3 is 50.7 Å². The van der Waals surface area contributed by atoms with Crippen molar-refractivity contribution in [3.63, 3.8) is 0 Å². The van der Waals surface area contributed by atoms with Crippen LogP contribution in [0.2, 0.25) is 0 Å². The van der Waals surface area contributed by atoms with Gasteiger partial charge in [0.25, 0.3) is 0 Å². The molecule has 5 aromatic rings. The predicted octanol–water partition coefficient (Wildman–Crippen LogP) is -1.78. The second kappa shape index (κ2) is 27.3. The van der Waals surface area contributed by atoms with Crippen molar-refractivity contribution in [1.82, 2.24) is 10.6 Å². The normalized spacial score (nSPS) is 12.6. The zero-order valence-corrected chi connectivity index (χ0v) is 38.6. The molecule has 65 heavy (non-hydrogen) atoms. The lowest BCUT2D eigenvalue weighted by molar-refractivity contribution is -0.459. The van der Waals surface area contributed by atoms with Crippen molar-refractivity contribution in [2.24, 2.45) is 23.3 Å². The molecule has 4 atom stereocenters. The third-order valence-corrected chi connectivity index (χ3v) is 11.2. The zero-order chi connectivity index (χ0) is 45.1. The van der Waals surface area contributed by atoms with Gasteiger partial charge >= 0.3 is 11.9 Å². The molecule has 0 unspecified atom stereocenters. The van der Waals surface area contributed by atoms with Crippen LogP contribution in [-0.4, -0.2) is 60.5 Å². The summed E-state index contributed by atoms with van der Waals surface area (Å²) in [5.41, 5.74) is 18.9. The number of guanidine groups is 1. The van der Waals surface area contributed by atoms with E-state index >= 15 is 0 Å². The van der Waals surface area contributed by atoms with Crippen LogP contribution in [0.4, 0.5) is 0 Å². The second-order valence-corrected chi connectivity index (χ2v) is 16.2. The van der Waals surface area contributed by atoms with Gasteiger partial charge in [0.15, 0.2) is 5.78 Å². The number of unbranched alkanes of at least 4 members (excludes halogenated alkanes) is 1. The van der Waals surface area contributed by atoms with E-state index in [9.17, 15) is 24.0 Å². The number of nitrogens with two attached hydrogens (primary N) is 2. The van der Waals surface area contributed by atoms with Crippen LogP contribution in [-0.2, 0) is 41.7 Å². The minimum atomic E-state index is -1.03. The van der Waals surface area contributed by atoms with Crippen LogP contribution in [0.1, 0.15) is 69.4 Å². The van der Waals surface area contributed by atoms with Crippen LogP contribution in [0.3, 0.4) is 0 Å². The molecular formula is C51H62Cl2N6O6. The number of ether oxygens (including phenoxy) is 1. The molecule has 12 nitrogen and oxygen atoms in total. The van der Waals surface area contributed by atoms with Gasteiger partial charge in [0, 0.05) is 24.7 Å². The summed E-state index contributed by atoms with van der Waals surface area (Å²) in [7, 11) is 0. The minimum Gasteiger partial charge on any atom is -1.00 e. The van der Waals surface area contributed by atoms with E-state index in [0.29, 0.717) is 32.4 Å². The van der Waals surface area contributed by atoms with Gasteiger partial charge in [-0.3, -0.25) is 30.8 Å². The number of carbonyl (C=O) groups is 5. The van der Waals surface area contributed by atoms with Crippen molar-refractivity contribution in [2.75, 3.05) is 13.1 Å². The highest BCUT2D eigenvalue weighted by Gasteiger charge is 2.32. The quantitative estimate of drug-likeness (QED) is 0.00982. The number of hydrogen-bond donors (Lipinski definition) is 6. The van der Waals surface area contributed by atoms with Crippen LogP contribution < -0.4 is 57.6 Å². The van der Waals surface area contributed by atoms with E-state index in [-0.39, 0.29) is 81.1 Å². The Morgan fingerprint density at radius 1 is 0.723 bits per heavy atom. The van der Waals surface area contributed by atoms with Crippen molar-refractivity contribution in [1.29, 1.82) is 0 Å². The van der Waals surface area contributed by atoms with Crippen molar-refractivity contribution in [3.8, 4) is 11.1 Å². The summed E-state index contributed by atoms with van der Waals surface area (Å²) in [6.07, 6.45) is 4.08. The smallest absolute Gasteiger partial charge is 0.338 e. The molecule has 0 aliphatic heterocycles. The molecule has 0 fully saturated rings. The Hall–Kier alpha value is -6.08. The molecule has 0 bridgehead atoms. The Morgan fingerprint density at radius 3 is 1.92 bits per heavy atom. The molecule has 0 radical (unpaired) electrons. The SMILES string of the molecule is C=CC[C@H](NC(=O)[C@@H](CCC[NH+]=C(N)N)CC(=O)[C@@H](CCCC[NH3+])NC(=O)[C@@H](CC(C)=O)Cc1ccc(-c2c3ccccc3cc3ccccc23)cc1)C(=O)OCc1ccccc1.[Cl-].[Cl-]. The monoisotopic (exact) mass is 924 g/mol. The Bertz CT molecular complexity index is 2340. The number of Topliss-reactive ketones (excluding diaryl/α,β-unsaturated/α-hetero) is 2. The first kappa shape index (κ1) is 53.3. The van der Waals surface area contributed by atoms with Crippen molar-refractivity contribution < 1.29 is 64.2 Å². The standard InChI is InChI=1S/C51H60N6O6.2ClH/c1-3-14-45(50(62)63-33-36-15-5-4-6-16-36)57-48(60)40(19-13-28-55-51(53)54)32-46(59)44(22-11-12-27-52)56-49(61)41(29-34(2)58)30-35-23-25-37(26-24-35)47-42-20-9-7-17-38(42)31-39-18-8-10-21-43(39)47;;/h3-10,15-18,20-21,23-26,31,40-41,44-45H,1,11-14,19,22,27-30,32-33,52H2,2H3,(H,56,61)(H,57,60)(H4,53,54,55);2*1H/t40-,41-,44+,45-;;/m0../s1. The molecule has 0 heterocycles. The summed E-state index contributed by atoms with van der Waals surface area (Å²) >= 11 is 0. The molecule has 346 valence electrons. The number of benzene rings is 5.